The van der Waals surface area contributed by atoms with Gasteiger partial charge in [0.05, 0.1) is 12.1 Å². The van der Waals surface area contributed by atoms with Crippen molar-refractivity contribution in [1.82, 2.24) is 20.1 Å². The van der Waals surface area contributed by atoms with Crippen LogP contribution >= 0.6 is 12.4 Å². The monoisotopic (exact) mass is 419 g/mol. The third kappa shape index (κ3) is 6.26. The minimum absolute atomic E-state index is 0. The number of amides is 1. The maximum atomic E-state index is 12.5. The summed E-state index contributed by atoms with van der Waals surface area (Å²) >= 11 is 0. The molecule has 2 heterocycles. The van der Waals surface area contributed by atoms with Gasteiger partial charge in [-0.3, -0.25) is 4.79 Å². The van der Waals surface area contributed by atoms with Crippen LogP contribution in [-0.4, -0.2) is 39.9 Å². The predicted octanol–water partition coefficient (Wildman–Crippen LogP) is 2.19. The molecular formula is C21H30ClN5O2. The lowest BCUT2D eigenvalue weighted by atomic mass is 10.1. The number of hydrogen-bond donors (Lipinski definition) is 2. The molecule has 4 rings (SSSR count). The van der Waals surface area contributed by atoms with Gasteiger partial charge in [-0.25, -0.2) is 9.67 Å². The van der Waals surface area contributed by atoms with Crippen LogP contribution in [0, 0.1) is 5.92 Å². The van der Waals surface area contributed by atoms with Gasteiger partial charge in [-0.05, 0) is 43.6 Å². The van der Waals surface area contributed by atoms with E-state index in [2.05, 4.69) is 22.5 Å². The number of benzene rings is 1. The lowest BCUT2D eigenvalue weighted by Crippen LogP contribution is -2.35. The van der Waals surface area contributed by atoms with Gasteiger partial charge in [0.2, 0.25) is 5.91 Å². The minimum Gasteiger partial charge on any atom is -0.376 e. The lowest BCUT2D eigenvalue weighted by Gasteiger charge is -2.14. The highest BCUT2D eigenvalue weighted by atomic mass is 35.5. The number of carbonyl (C=O) groups is 1. The van der Waals surface area contributed by atoms with Gasteiger partial charge in [0.1, 0.15) is 12.4 Å². The molecule has 1 aromatic heterocycles. The van der Waals surface area contributed by atoms with Gasteiger partial charge in [-0.15, -0.1) is 12.4 Å². The second kappa shape index (κ2) is 10.2. The van der Waals surface area contributed by atoms with Crippen molar-refractivity contribution in [2.24, 2.45) is 11.7 Å². The van der Waals surface area contributed by atoms with Gasteiger partial charge >= 0.3 is 0 Å². The average Bonchev–Trinajstić information content (AvgIpc) is 3.18. The molecule has 1 saturated heterocycles. The molecule has 8 heteroatoms. The molecule has 2 fully saturated rings. The van der Waals surface area contributed by atoms with Crippen LogP contribution in [0.25, 0.3) is 0 Å². The molecule has 0 unspecified atom stereocenters. The van der Waals surface area contributed by atoms with Gasteiger partial charge in [-0.2, -0.15) is 5.10 Å². The number of nitrogens with two attached hydrogens (primary N) is 1. The first-order chi connectivity index (χ1) is 13.7. The fourth-order valence-electron chi connectivity index (χ4n) is 3.64. The average molecular weight is 420 g/mol. The van der Waals surface area contributed by atoms with E-state index in [-0.39, 0.29) is 37.0 Å². The first kappa shape index (κ1) is 21.7. The molecule has 0 spiro atoms. The quantitative estimate of drug-likeness (QED) is 0.649. The maximum Gasteiger partial charge on any atom is 0.241 e. The normalized spacial score (nSPS) is 19.6. The standard InChI is InChI=1S/C21H29N5O2.ClH/c22-18(11-15-5-2-1-3-6-15)21-24-19(12-16-8-9-16)25-26(21)14-20(27)23-13-17-7-4-10-28-17;/h1-3,5-6,16-18H,4,7-14,22H2,(H,23,27);1H/t17-,18+;/m0./s1. The minimum atomic E-state index is -0.297. The molecule has 2 aromatic rings. The molecule has 1 amide bonds. The molecule has 1 aliphatic heterocycles. The van der Waals surface area contributed by atoms with Gasteiger partial charge in [-0.1, -0.05) is 30.3 Å². The Hall–Kier alpha value is -1.96. The van der Waals surface area contributed by atoms with Crippen LogP contribution in [0.4, 0.5) is 0 Å². The topological polar surface area (TPSA) is 95.1 Å². The summed E-state index contributed by atoms with van der Waals surface area (Å²) in [6, 6.07) is 9.81. The van der Waals surface area contributed by atoms with E-state index in [1.54, 1.807) is 4.68 Å². The molecule has 29 heavy (non-hydrogen) atoms. The Morgan fingerprint density at radius 2 is 2.07 bits per heavy atom. The first-order valence-electron chi connectivity index (χ1n) is 10.3. The Morgan fingerprint density at radius 1 is 1.28 bits per heavy atom. The van der Waals surface area contributed by atoms with Crippen molar-refractivity contribution in [3.8, 4) is 0 Å². The van der Waals surface area contributed by atoms with E-state index in [4.69, 9.17) is 15.5 Å². The van der Waals surface area contributed by atoms with Crippen molar-refractivity contribution in [2.45, 2.75) is 57.2 Å². The molecule has 1 saturated carbocycles. The Labute approximate surface area is 177 Å². The van der Waals surface area contributed by atoms with Crippen molar-refractivity contribution in [3.05, 3.63) is 47.5 Å². The van der Waals surface area contributed by atoms with Crippen molar-refractivity contribution in [1.29, 1.82) is 0 Å². The molecular weight excluding hydrogens is 390 g/mol. The summed E-state index contributed by atoms with van der Waals surface area (Å²) in [6.45, 7) is 1.47. The zero-order valence-electron chi connectivity index (χ0n) is 16.6. The highest BCUT2D eigenvalue weighted by Gasteiger charge is 2.26. The Balaban J connectivity index is 0.00000240. The SMILES string of the molecule is Cl.N[C@H](Cc1ccccc1)c1nc(CC2CC2)nn1CC(=O)NC[C@@H]1CCCO1. The van der Waals surface area contributed by atoms with Crippen LogP contribution < -0.4 is 11.1 Å². The molecule has 2 aliphatic rings. The number of ether oxygens (including phenoxy) is 1. The van der Waals surface area contributed by atoms with Crippen molar-refractivity contribution in [2.75, 3.05) is 13.2 Å². The third-order valence-electron chi connectivity index (χ3n) is 5.39. The van der Waals surface area contributed by atoms with Gasteiger partial charge < -0.3 is 15.8 Å². The molecule has 3 N–H and O–H groups in total. The molecule has 2 atom stereocenters. The number of nitrogens with one attached hydrogen (secondary N) is 1. The van der Waals surface area contributed by atoms with E-state index in [1.165, 1.54) is 12.8 Å². The smallest absolute Gasteiger partial charge is 0.241 e. The van der Waals surface area contributed by atoms with E-state index in [1.807, 2.05) is 18.2 Å². The van der Waals surface area contributed by atoms with Crippen molar-refractivity contribution < 1.29 is 9.53 Å². The summed E-state index contributed by atoms with van der Waals surface area (Å²) in [5, 5.41) is 7.56. The van der Waals surface area contributed by atoms with Crippen LogP contribution in [0.5, 0.6) is 0 Å². The van der Waals surface area contributed by atoms with Crippen LogP contribution in [0.3, 0.4) is 0 Å². The fraction of sp³-hybridized carbons (Fsp3) is 0.571. The Morgan fingerprint density at radius 3 is 2.76 bits per heavy atom. The zero-order valence-corrected chi connectivity index (χ0v) is 17.4. The summed E-state index contributed by atoms with van der Waals surface area (Å²) in [5.41, 5.74) is 7.61. The fourth-order valence-corrected chi connectivity index (χ4v) is 3.64. The van der Waals surface area contributed by atoms with Crippen LogP contribution in [-0.2, 0) is 28.9 Å². The van der Waals surface area contributed by atoms with E-state index in [0.29, 0.717) is 24.7 Å². The van der Waals surface area contributed by atoms with Crippen LogP contribution in [0.2, 0.25) is 0 Å². The molecule has 1 aromatic carbocycles. The molecule has 7 nitrogen and oxygen atoms in total. The Kier molecular flexibility index (Phi) is 7.64. The summed E-state index contributed by atoms with van der Waals surface area (Å²) < 4.78 is 7.26. The van der Waals surface area contributed by atoms with E-state index in [0.717, 1.165) is 37.3 Å². The number of aromatic nitrogens is 3. The maximum absolute atomic E-state index is 12.5. The summed E-state index contributed by atoms with van der Waals surface area (Å²) in [4.78, 5) is 17.1. The van der Waals surface area contributed by atoms with Gasteiger partial charge in [0, 0.05) is 19.6 Å². The summed E-state index contributed by atoms with van der Waals surface area (Å²) in [7, 11) is 0. The summed E-state index contributed by atoms with van der Waals surface area (Å²) in [5.74, 6) is 2.09. The molecule has 158 valence electrons. The number of rotatable bonds is 9. The van der Waals surface area contributed by atoms with Gasteiger partial charge in [0.15, 0.2) is 5.82 Å². The van der Waals surface area contributed by atoms with E-state index >= 15 is 0 Å². The number of halogens is 1. The van der Waals surface area contributed by atoms with E-state index in [9.17, 15) is 4.79 Å². The third-order valence-corrected chi connectivity index (χ3v) is 5.39. The van der Waals surface area contributed by atoms with Gasteiger partial charge in [0.25, 0.3) is 0 Å². The zero-order chi connectivity index (χ0) is 19.3. The number of hydrogen-bond acceptors (Lipinski definition) is 5. The highest BCUT2D eigenvalue weighted by molar-refractivity contribution is 5.85. The molecule has 0 bridgehead atoms. The molecule has 0 radical (unpaired) electrons. The second-order valence-corrected chi connectivity index (χ2v) is 7.93. The second-order valence-electron chi connectivity index (χ2n) is 7.93. The lowest BCUT2D eigenvalue weighted by molar-refractivity contribution is -0.122. The summed E-state index contributed by atoms with van der Waals surface area (Å²) in [6.07, 6.45) is 6.21. The first-order valence-corrected chi connectivity index (χ1v) is 10.3. The van der Waals surface area contributed by atoms with E-state index < -0.39 is 0 Å². The van der Waals surface area contributed by atoms with Crippen molar-refractivity contribution >= 4 is 18.3 Å². The molecule has 1 aliphatic carbocycles. The number of nitrogens with zero attached hydrogens (tertiary/aromatic N) is 3. The predicted molar refractivity (Wildman–Crippen MR) is 113 cm³/mol. The Bertz CT molecular complexity index is 788. The number of carbonyl (C=O) groups excluding carboxylic acids is 1. The van der Waals surface area contributed by atoms with Crippen LogP contribution in [0.15, 0.2) is 30.3 Å². The van der Waals surface area contributed by atoms with Crippen molar-refractivity contribution in [3.63, 3.8) is 0 Å². The van der Waals surface area contributed by atoms with Crippen LogP contribution in [0.1, 0.15) is 48.9 Å². The highest BCUT2D eigenvalue weighted by Crippen LogP contribution is 2.32. The largest absolute Gasteiger partial charge is 0.376 e.